The van der Waals surface area contributed by atoms with E-state index in [0.29, 0.717) is 28.7 Å². The van der Waals surface area contributed by atoms with Crippen molar-refractivity contribution >= 4 is 21.9 Å². The number of hydrogen-bond donors (Lipinski definition) is 1. The van der Waals surface area contributed by atoms with Gasteiger partial charge in [0.05, 0.1) is 35.0 Å². The zero-order chi connectivity index (χ0) is 32.8. The highest BCUT2D eigenvalue weighted by Crippen LogP contribution is 2.48. The van der Waals surface area contributed by atoms with E-state index in [-0.39, 0.29) is 28.8 Å². The zero-order valence-electron chi connectivity index (χ0n) is 24.7. The van der Waals surface area contributed by atoms with Gasteiger partial charge in [-0.1, -0.05) is 31.2 Å². The van der Waals surface area contributed by atoms with Crippen LogP contribution in [0.4, 0.5) is 23.5 Å². The molecule has 1 N–H and O–H groups in total. The molecule has 0 spiro atoms. The molecule has 1 atom stereocenters. The molecule has 1 aliphatic heterocycles. The van der Waals surface area contributed by atoms with Crippen LogP contribution in [0.25, 0.3) is 11.1 Å². The van der Waals surface area contributed by atoms with Gasteiger partial charge in [-0.25, -0.2) is 32.3 Å². The fraction of sp³-hybridized carbons (Fsp3) is 0.281. The van der Waals surface area contributed by atoms with E-state index in [1.54, 1.807) is 39.0 Å². The Labute approximate surface area is 257 Å². The van der Waals surface area contributed by atoms with Crippen molar-refractivity contribution in [1.29, 1.82) is 0 Å². The van der Waals surface area contributed by atoms with Gasteiger partial charge in [0.25, 0.3) is 10.0 Å². The minimum absolute atomic E-state index is 0.152. The van der Waals surface area contributed by atoms with E-state index in [1.165, 1.54) is 30.3 Å². The van der Waals surface area contributed by atoms with Crippen LogP contribution in [-0.2, 0) is 26.4 Å². The molecule has 0 bridgehead atoms. The van der Waals surface area contributed by atoms with E-state index < -0.39 is 44.6 Å². The van der Waals surface area contributed by atoms with E-state index in [4.69, 9.17) is 9.47 Å². The Balaban J connectivity index is 1.56. The van der Waals surface area contributed by atoms with Gasteiger partial charge in [0, 0.05) is 17.0 Å². The van der Waals surface area contributed by atoms with Gasteiger partial charge in [-0.2, -0.15) is 13.2 Å². The Bertz CT molecular complexity index is 1860. The largest absolute Gasteiger partial charge is 0.493 e. The molecule has 1 aliphatic rings. The number of aromatic nitrogens is 2. The molecule has 3 aromatic carbocycles. The van der Waals surface area contributed by atoms with Crippen LogP contribution in [0.15, 0.2) is 78.0 Å². The molecule has 0 saturated carbocycles. The molecule has 0 radical (unpaired) electrons. The van der Waals surface area contributed by atoms with Gasteiger partial charge < -0.3 is 9.47 Å². The van der Waals surface area contributed by atoms with E-state index in [0.717, 1.165) is 24.5 Å². The van der Waals surface area contributed by atoms with Crippen molar-refractivity contribution in [3.8, 4) is 16.9 Å². The first-order chi connectivity index (χ1) is 21.0. The standard InChI is InChI=1S/C32H29F4N3O5S/c1-30(2,3)44-28(40)20-7-5-19(6-8-20)24-15-21(32(34,35)36)9-11-25(24)31(4)13-14-43-27-16-23(10-12-26(27)31)45(41,42)39-29-37-17-22(33)18-38-29/h5-12,15-18H,13-14H2,1-4H3,(H,37,38,39)/t31-/m0/s1. The van der Waals surface area contributed by atoms with E-state index in [2.05, 4.69) is 14.7 Å². The molecule has 1 aromatic heterocycles. The summed E-state index contributed by atoms with van der Waals surface area (Å²) in [5.74, 6) is -1.39. The number of ether oxygens (including phenoxy) is 2. The topological polar surface area (TPSA) is 107 Å². The molecule has 4 aromatic rings. The Morgan fingerprint density at radius 3 is 2.22 bits per heavy atom. The normalized spacial score (nSPS) is 16.8. The summed E-state index contributed by atoms with van der Waals surface area (Å²) in [5.41, 5.74) is -0.355. The van der Waals surface area contributed by atoms with Crippen LogP contribution in [0, 0.1) is 5.82 Å². The second-order valence-corrected chi connectivity index (χ2v) is 13.4. The first kappa shape index (κ1) is 31.9. The number of carbonyl (C=O) groups is 1. The molecule has 0 saturated heterocycles. The average molecular weight is 644 g/mol. The van der Waals surface area contributed by atoms with Gasteiger partial charge in [0.1, 0.15) is 11.4 Å². The lowest BCUT2D eigenvalue weighted by atomic mass is 9.70. The molecule has 13 heteroatoms. The predicted molar refractivity (Wildman–Crippen MR) is 158 cm³/mol. The smallest absolute Gasteiger partial charge is 0.416 e. The highest BCUT2D eigenvalue weighted by Gasteiger charge is 2.39. The van der Waals surface area contributed by atoms with Crippen LogP contribution in [0.1, 0.15) is 61.2 Å². The maximum atomic E-state index is 13.9. The van der Waals surface area contributed by atoms with Crippen molar-refractivity contribution in [3.05, 3.63) is 101 Å². The number of halogens is 4. The molecular formula is C32H29F4N3O5S. The number of alkyl halides is 3. The number of sulfonamides is 1. The molecule has 8 nitrogen and oxygen atoms in total. The molecule has 236 valence electrons. The van der Waals surface area contributed by atoms with Crippen molar-refractivity contribution in [1.82, 2.24) is 9.97 Å². The summed E-state index contributed by atoms with van der Waals surface area (Å²) in [5, 5.41) is 0. The lowest BCUT2D eigenvalue weighted by Gasteiger charge is -2.38. The van der Waals surface area contributed by atoms with Crippen molar-refractivity contribution in [3.63, 3.8) is 0 Å². The van der Waals surface area contributed by atoms with Crippen LogP contribution in [0.3, 0.4) is 0 Å². The summed E-state index contributed by atoms with van der Waals surface area (Å²) in [6.45, 7) is 7.20. The third-order valence-electron chi connectivity index (χ3n) is 7.34. The number of benzene rings is 3. The fourth-order valence-corrected chi connectivity index (χ4v) is 6.11. The van der Waals surface area contributed by atoms with Crippen LogP contribution >= 0.6 is 0 Å². The number of nitrogens with zero attached hydrogens (tertiary/aromatic N) is 2. The highest BCUT2D eigenvalue weighted by molar-refractivity contribution is 7.92. The maximum Gasteiger partial charge on any atom is 0.416 e. The van der Waals surface area contributed by atoms with Crippen molar-refractivity contribution in [2.24, 2.45) is 0 Å². The predicted octanol–water partition coefficient (Wildman–Crippen LogP) is 7.15. The Kier molecular flexibility index (Phi) is 8.11. The van der Waals surface area contributed by atoms with Crippen molar-refractivity contribution < 1.29 is 40.2 Å². The zero-order valence-corrected chi connectivity index (χ0v) is 25.5. The van der Waals surface area contributed by atoms with E-state index in [9.17, 15) is 30.8 Å². The lowest BCUT2D eigenvalue weighted by Crippen LogP contribution is -2.32. The lowest BCUT2D eigenvalue weighted by molar-refractivity contribution is -0.137. The van der Waals surface area contributed by atoms with E-state index in [1.807, 2.05) is 6.92 Å². The second kappa shape index (κ2) is 11.4. The molecule has 0 fully saturated rings. The highest BCUT2D eigenvalue weighted by atomic mass is 32.2. The molecule has 2 heterocycles. The van der Waals surface area contributed by atoms with Gasteiger partial charge in [0.15, 0.2) is 5.82 Å². The summed E-state index contributed by atoms with van der Waals surface area (Å²) >= 11 is 0. The fourth-order valence-electron chi connectivity index (χ4n) is 5.13. The summed E-state index contributed by atoms with van der Waals surface area (Å²) in [7, 11) is -4.20. The summed E-state index contributed by atoms with van der Waals surface area (Å²) in [6.07, 6.45) is -2.59. The first-order valence-electron chi connectivity index (χ1n) is 13.8. The number of fused-ring (bicyclic) bond motifs is 1. The number of anilines is 1. The second-order valence-electron chi connectivity index (χ2n) is 11.8. The third kappa shape index (κ3) is 6.77. The Hall–Kier alpha value is -4.52. The van der Waals surface area contributed by atoms with Gasteiger partial charge in [-0.15, -0.1) is 0 Å². The average Bonchev–Trinajstić information content (AvgIpc) is 2.96. The molecule has 0 aliphatic carbocycles. The van der Waals surface area contributed by atoms with Gasteiger partial charge in [-0.3, -0.25) is 0 Å². The number of carbonyl (C=O) groups excluding carboxylic acids is 1. The number of rotatable bonds is 6. The van der Waals surface area contributed by atoms with Gasteiger partial charge in [-0.05, 0) is 74.2 Å². The monoisotopic (exact) mass is 643 g/mol. The quantitative estimate of drug-likeness (QED) is 0.176. The van der Waals surface area contributed by atoms with Crippen molar-refractivity contribution in [2.45, 2.75) is 56.2 Å². The molecule has 0 unspecified atom stereocenters. The van der Waals surface area contributed by atoms with Crippen LogP contribution in [0.5, 0.6) is 5.75 Å². The summed E-state index contributed by atoms with van der Waals surface area (Å²) in [6, 6.07) is 13.9. The Morgan fingerprint density at radius 1 is 0.956 bits per heavy atom. The summed E-state index contributed by atoms with van der Waals surface area (Å²) in [4.78, 5) is 19.6. The third-order valence-corrected chi connectivity index (χ3v) is 8.66. The maximum absolute atomic E-state index is 13.9. The first-order valence-corrected chi connectivity index (χ1v) is 15.3. The Morgan fingerprint density at radius 2 is 1.60 bits per heavy atom. The molecular weight excluding hydrogens is 614 g/mol. The molecule has 0 amide bonds. The van der Waals surface area contributed by atoms with Gasteiger partial charge >= 0.3 is 12.1 Å². The van der Waals surface area contributed by atoms with Gasteiger partial charge in [0.2, 0.25) is 5.95 Å². The molecule has 45 heavy (non-hydrogen) atoms. The molecule has 5 rings (SSSR count). The SMILES string of the molecule is CC(C)(C)OC(=O)c1ccc(-c2cc(C(F)(F)F)ccc2[C@]2(C)CCOc3cc(S(=O)(=O)Nc4ncc(F)cn4)ccc32)cc1. The summed E-state index contributed by atoms with van der Waals surface area (Å²) < 4.78 is 94.3. The minimum Gasteiger partial charge on any atom is -0.493 e. The number of hydrogen-bond acceptors (Lipinski definition) is 7. The van der Waals surface area contributed by atoms with Crippen LogP contribution in [-0.4, -0.2) is 36.6 Å². The van der Waals surface area contributed by atoms with Crippen molar-refractivity contribution in [2.75, 3.05) is 11.3 Å². The van der Waals surface area contributed by atoms with Crippen LogP contribution < -0.4 is 9.46 Å². The van der Waals surface area contributed by atoms with Crippen LogP contribution in [0.2, 0.25) is 0 Å². The number of nitrogens with one attached hydrogen (secondary N) is 1. The van der Waals surface area contributed by atoms with E-state index >= 15 is 0 Å². The number of esters is 1. The minimum atomic E-state index is -4.61.